The largest absolute Gasteiger partial charge is 0.497 e. The van der Waals surface area contributed by atoms with Crippen molar-refractivity contribution in [2.24, 2.45) is 0 Å². The van der Waals surface area contributed by atoms with Gasteiger partial charge >= 0.3 is 0 Å². The van der Waals surface area contributed by atoms with E-state index in [1.54, 1.807) is 7.11 Å². The Hall–Kier alpha value is -3.11. The van der Waals surface area contributed by atoms with Crippen LogP contribution in [0.1, 0.15) is 25.7 Å². The van der Waals surface area contributed by atoms with Crippen molar-refractivity contribution in [1.82, 2.24) is 14.5 Å². The number of methoxy groups -OCH3 is 1. The first-order valence-electron chi connectivity index (χ1n) is 11.7. The zero-order valence-corrected chi connectivity index (χ0v) is 18.8. The maximum absolute atomic E-state index is 5.54. The molecular weight excluding hydrogens is 394 g/mol. The fraction of sp³-hybridized carbons (Fsp3) is 0.321. The Labute approximate surface area is 190 Å². The van der Waals surface area contributed by atoms with Gasteiger partial charge in [0.2, 0.25) is 0 Å². The zero-order chi connectivity index (χ0) is 21.8. The lowest BCUT2D eigenvalue weighted by Crippen LogP contribution is -2.31. The van der Waals surface area contributed by atoms with E-state index in [-0.39, 0.29) is 0 Å². The summed E-state index contributed by atoms with van der Waals surface area (Å²) in [5.74, 6) is 0.886. The molecule has 1 fully saturated rings. The Morgan fingerprint density at radius 1 is 0.844 bits per heavy atom. The number of pyridine rings is 1. The van der Waals surface area contributed by atoms with E-state index in [1.165, 1.54) is 60.9 Å². The van der Waals surface area contributed by atoms with Crippen molar-refractivity contribution in [2.45, 2.75) is 32.2 Å². The minimum Gasteiger partial charge on any atom is -0.497 e. The molecule has 5 rings (SSSR count). The van der Waals surface area contributed by atoms with Crippen LogP contribution in [0.15, 0.2) is 73.2 Å². The van der Waals surface area contributed by atoms with Crippen LogP contribution in [0.5, 0.6) is 5.75 Å². The summed E-state index contributed by atoms with van der Waals surface area (Å²) in [6, 6.07) is 19.1. The Kier molecular flexibility index (Phi) is 6.22. The van der Waals surface area contributed by atoms with Gasteiger partial charge in [0.15, 0.2) is 0 Å². The number of piperidine rings is 1. The third-order valence-electron chi connectivity index (χ3n) is 6.57. The summed E-state index contributed by atoms with van der Waals surface area (Å²) < 4.78 is 7.95. The summed E-state index contributed by atoms with van der Waals surface area (Å²) in [6.45, 7) is 4.71. The lowest BCUT2D eigenvalue weighted by Gasteiger charge is -2.26. The number of fused-ring (bicyclic) bond motifs is 1. The summed E-state index contributed by atoms with van der Waals surface area (Å²) in [6.07, 6.45) is 11.5. The predicted octanol–water partition coefficient (Wildman–Crippen LogP) is 6.25. The second-order valence-electron chi connectivity index (χ2n) is 8.70. The van der Waals surface area contributed by atoms with E-state index in [1.807, 2.05) is 18.5 Å². The molecule has 0 N–H and O–H groups in total. The van der Waals surface area contributed by atoms with E-state index in [0.717, 1.165) is 29.8 Å². The van der Waals surface area contributed by atoms with Gasteiger partial charge in [0.05, 0.1) is 7.11 Å². The minimum absolute atomic E-state index is 0.886. The highest BCUT2D eigenvalue weighted by molar-refractivity contribution is 5.97. The van der Waals surface area contributed by atoms with Crippen molar-refractivity contribution in [3.8, 4) is 28.0 Å². The van der Waals surface area contributed by atoms with Crippen LogP contribution in [0.25, 0.3) is 33.2 Å². The monoisotopic (exact) mass is 425 g/mol. The van der Waals surface area contributed by atoms with Gasteiger partial charge < -0.3 is 14.2 Å². The summed E-state index contributed by atoms with van der Waals surface area (Å²) in [5.41, 5.74) is 5.92. The Bertz CT molecular complexity index is 1180. The number of hydrogen-bond acceptors (Lipinski definition) is 3. The molecule has 0 aliphatic carbocycles. The van der Waals surface area contributed by atoms with Crippen LogP contribution in [0.3, 0.4) is 0 Å². The number of hydrogen-bond donors (Lipinski definition) is 0. The molecule has 0 atom stereocenters. The van der Waals surface area contributed by atoms with Crippen molar-refractivity contribution in [1.29, 1.82) is 0 Å². The lowest BCUT2D eigenvalue weighted by atomic mass is 10.0. The van der Waals surface area contributed by atoms with Gasteiger partial charge in [-0.3, -0.25) is 4.98 Å². The third-order valence-corrected chi connectivity index (χ3v) is 6.57. The molecule has 164 valence electrons. The van der Waals surface area contributed by atoms with Crippen molar-refractivity contribution in [2.75, 3.05) is 26.7 Å². The number of benzene rings is 2. The molecular formula is C28H31N3O. The standard InChI is InChI=1S/C28H31N3O/c1-32-25-11-12-28-26(18-25)27(21-31(28)16-8-15-30-13-6-3-7-14-30)24-17-23(19-29-20-24)22-9-4-2-5-10-22/h2,4-5,9-12,17-21H,3,6-8,13-16H2,1H3. The fourth-order valence-electron chi connectivity index (χ4n) is 4.84. The first-order chi connectivity index (χ1) is 15.8. The number of nitrogens with zero attached hydrogens (tertiary/aromatic N) is 3. The summed E-state index contributed by atoms with van der Waals surface area (Å²) in [4.78, 5) is 7.19. The molecule has 1 saturated heterocycles. The second kappa shape index (κ2) is 9.58. The van der Waals surface area contributed by atoms with Crippen LogP contribution in [-0.2, 0) is 6.54 Å². The highest BCUT2D eigenvalue weighted by Gasteiger charge is 2.14. The van der Waals surface area contributed by atoms with Gasteiger partial charge in [-0.2, -0.15) is 0 Å². The van der Waals surface area contributed by atoms with E-state index in [2.05, 4.69) is 69.2 Å². The Balaban J connectivity index is 1.47. The molecule has 2 aromatic carbocycles. The molecule has 0 amide bonds. The fourth-order valence-corrected chi connectivity index (χ4v) is 4.84. The Morgan fingerprint density at radius 3 is 2.47 bits per heavy atom. The summed E-state index contributed by atoms with van der Waals surface area (Å²) >= 11 is 0. The van der Waals surface area contributed by atoms with Crippen LogP contribution in [0.2, 0.25) is 0 Å². The van der Waals surface area contributed by atoms with Gasteiger partial charge in [-0.1, -0.05) is 36.8 Å². The van der Waals surface area contributed by atoms with Crippen molar-refractivity contribution < 1.29 is 4.74 Å². The first-order valence-corrected chi connectivity index (χ1v) is 11.7. The van der Waals surface area contributed by atoms with Crippen LogP contribution in [-0.4, -0.2) is 41.2 Å². The smallest absolute Gasteiger partial charge is 0.119 e. The average Bonchev–Trinajstić information content (AvgIpc) is 3.23. The molecule has 4 nitrogen and oxygen atoms in total. The number of aromatic nitrogens is 2. The molecule has 0 radical (unpaired) electrons. The van der Waals surface area contributed by atoms with Crippen molar-refractivity contribution in [3.63, 3.8) is 0 Å². The summed E-state index contributed by atoms with van der Waals surface area (Å²) in [7, 11) is 1.73. The molecule has 2 aromatic heterocycles. The van der Waals surface area contributed by atoms with Gasteiger partial charge in [0, 0.05) is 52.7 Å². The molecule has 4 aromatic rings. The van der Waals surface area contributed by atoms with Crippen molar-refractivity contribution in [3.05, 3.63) is 73.2 Å². The number of likely N-dealkylation sites (tertiary alicyclic amines) is 1. The van der Waals surface area contributed by atoms with Gasteiger partial charge in [-0.25, -0.2) is 0 Å². The average molecular weight is 426 g/mol. The van der Waals surface area contributed by atoms with Gasteiger partial charge in [-0.15, -0.1) is 0 Å². The van der Waals surface area contributed by atoms with Crippen LogP contribution in [0, 0.1) is 0 Å². The van der Waals surface area contributed by atoms with Crippen LogP contribution in [0.4, 0.5) is 0 Å². The first kappa shape index (κ1) is 20.8. The summed E-state index contributed by atoms with van der Waals surface area (Å²) in [5, 5.41) is 1.22. The number of rotatable bonds is 7. The van der Waals surface area contributed by atoms with E-state index >= 15 is 0 Å². The highest BCUT2D eigenvalue weighted by Crippen LogP contribution is 2.34. The minimum atomic E-state index is 0.886. The molecule has 3 heterocycles. The lowest BCUT2D eigenvalue weighted by molar-refractivity contribution is 0.223. The SMILES string of the molecule is COc1ccc2c(c1)c(-c1cncc(-c3ccccc3)c1)cn2CCCN1CCCCC1. The van der Waals surface area contributed by atoms with Gasteiger partial charge in [-0.05, 0) is 68.7 Å². The Morgan fingerprint density at radius 2 is 1.66 bits per heavy atom. The number of ether oxygens (including phenoxy) is 1. The van der Waals surface area contributed by atoms with E-state index in [0.29, 0.717) is 0 Å². The molecule has 1 aliphatic heterocycles. The predicted molar refractivity (Wildman–Crippen MR) is 132 cm³/mol. The van der Waals surface area contributed by atoms with Crippen LogP contribution < -0.4 is 4.74 Å². The normalized spacial score (nSPS) is 14.7. The molecule has 4 heteroatoms. The van der Waals surface area contributed by atoms with Gasteiger partial charge in [0.1, 0.15) is 5.75 Å². The molecule has 32 heavy (non-hydrogen) atoms. The molecule has 0 bridgehead atoms. The van der Waals surface area contributed by atoms with E-state index in [4.69, 9.17) is 4.74 Å². The van der Waals surface area contributed by atoms with Gasteiger partial charge in [0.25, 0.3) is 0 Å². The maximum atomic E-state index is 5.54. The quantitative estimate of drug-likeness (QED) is 0.350. The van der Waals surface area contributed by atoms with Crippen LogP contribution >= 0.6 is 0 Å². The number of aryl methyl sites for hydroxylation is 1. The molecule has 0 unspecified atom stereocenters. The molecule has 1 aliphatic rings. The zero-order valence-electron chi connectivity index (χ0n) is 18.8. The van der Waals surface area contributed by atoms with Crippen molar-refractivity contribution >= 4 is 10.9 Å². The maximum Gasteiger partial charge on any atom is 0.119 e. The molecule has 0 saturated carbocycles. The third kappa shape index (κ3) is 4.42. The van der Waals surface area contributed by atoms with E-state index in [9.17, 15) is 0 Å². The van der Waals surface area contributed by atoms with E-state index < -0.39 is 0 Å². The topological polar surface area (TPSA) is 30.3 Å². The second-order valence-corrected chi connectivity index (χ2v) is 8.70. The molecule has 0 spiro atoms. The highest BCUT2D eigenvalue weighted by atomic mass is 16.5.